The SMILES string of the molecule is O=C(O)C1CCN(C(c2ccncc2)c2cc3ccccc3s2)CC1. The van der Waals surface area contributed by atoms with Gasteiger partial charge in [-0.15, -0.1) is 11.3 Å². The van der Waals surface area contributed by atoms with Crippen molar-refractivity contribution in [1.82, 2.24) is 9.88 Å². The predicted octanol–water partition coefficient (Wildman–Crippen LogP) is 4.18. The first-order valence-electron chi connectivity index (χ1n) is 8.57. The lowest BCUT2D eigenvalue weighted by atomic mass is 9.94. The van der Waals surface area contributed by atoms with Gasteiger partial charge >= 0.3 is 5.97 Å². The molecular formula is C20H20N2O2S. The summed E-state index contributed by atoms with van der Waals surface area (Å²) >= 11 is 1.82. The molecular weight excluding hydrogens is 332 g/mol. The molecule has 0 aliphatic carbocycles. The van der Waals surface area contributed by atoms with Crippen LogP contribution in [0.3, 0.4) is 0 Å². The number of carboxylic acid groups (broad SMARTS) is 1. The zero-order valence-corrected chi connectivity index (χ0v) is 14.7. The van der Waals surface area contributed by atoms with Gasteiger partial charge in [-0.3, -0.25) is 14.7 Å². The molecule has 4 rings (SSSR count). The summed E-state index contributed by atoms with van der Waals surface area (Å²) in [6, 6.07) is 15.0. The number of hydrogen-bond acceptors (Lipinski definition) is 4. The molecule has 1 aliphatic rings. The lowest BCUT2D eigenvalue weighted by molar-refractivity contribution is -0.143. The van der Waals surface area contributed by atoms with E-state index in [9.17, 15) is 9.90 Å². The molecule has 1 saturated heterocycles. The van der Waals surface area contributed by atoms with E-state index in [-0.39, 0.29) is 12.0 Å². The van der Waals surface area contributed by atoms with E-state index in [0.29, 0.717) is 12.8 Å². The molecule has 5 heteroatoms. The molecule has 1 fully saturated rings. The lowest BCUT2D eigenvalue weighted by Crippen LogP contribution is -2.39. The van der Waals surface area contributed by atoms with Gasteiger partial charge in [0.15, 0.2) is 0 Å². The Bertz CT molecular complexity index is 837. The molecule has 0 spiro atoms. The number of thiophene rings is 1. The van der Waals surface area contributed by atoms with Gasteiger partial charge in [-0.05, 0) is 61.1 Å². The van der Waals surface area contributed by atoms with Crippen LogP contribution >= 0.6 is 11.3 Å². The maximum absolute atomic E-state index is 11.3. The predicted molar refractivity (Wildman–Crippen MR) is 99.8 cm³/mol. The van der Waals surface area contributed by atoms with Crippen LogP contribution in [0.15, 0.2) is 54.9 Å². The van der Waals surface area contributed by atoms with Crippen molar-refractivity contribution >= 4 is 27.4 Å². The minimum Gasteiger partial charge on any atom is -0.481 e. The Balaban J connectivity index is 1.69. The molecule has 1 aromatic carbocycles. The van der Waals surface area contributed by atoms with Crippen molar-refractivity contribution in [3.05, 3.63) is 65.3 Å². The van der Waals surface area contributed by atoms with Gasteiger partial charge in [0.25, 0.3) is 0 Å². The van der Waals surface area contributed by atoms with E-state index in [1.54, 1.807) is 0 Å². The fraction of sp³-hybridized carbons (Fsp3) is 0.300. The Morgan fingerprint density at radius 2 is 1.88 bits per heavy atom. The highest BCUT2D eigenvalue weighted by Crippen LogP contribution is 2.38. The highest BCUT2D eigenvalue weighted by molar-refractivity contribution is 7.19. The molecule has 1 aliphatic heterocycles. The van der Waals surface area contributed by atoms with Crippen molar-refractivity contribution in [2.45, 2.75) is 18.9 Å². The summed E-state index contributed by atoms with van der Waals surface area (Å²) in [6.07, 6.45) is 5.09. The number of piperidine rings is 1. The van der Waals surface area contributed by atoms with Gasteiger partial charge in [-0.2, -0.15) is 0 Å². The quantitative estimate of drug-likeness (QED) is 0.765. The summed E-state index contributed by atoms with van der Waals surface area (Å²) < 4.78 is 1.29. The molecule has 128 valence electrons. The fourth-order valence-electron chi connectivity index (χ4n) is 3.64. The van der Waals surface area contributed by atoms with Gasteiger partial charge in [-0.1, -0.05) is 18.2 Å². The molecule has 1 atom stereocenters. The monoisotopic (exact) mass is 352 g/mol. The third-order valence-corrected chi connectivity index (χ3v) is 6.15. The minimum absolute atomic E-state index is 0.162. The molecule has 0 radical (unpaired) electrons. The zero-order valence-electron chi connectivity index (χ0n) is 13.8. The van der Waals surface area contributed by atoms with Crippen LogP contribution in [0.25, 0.3) is 10.1 Å². The molecule has 1 unspecified atom stereocenters. The number of benzene rings is 1. The van der Waals surface area contributed by atoms with Gasteiger partial charge in [0.2, 0.25) is 0 Å². The Morgan fingerprint density at radius 3 is 2.56 bits per heavy atom. The van der Waals surface area contributed by atoms with Crippen molar-refractivity contribution in [1.29, 1.82) is 0 Å². The second-order valence-corrected chi connectivity index (χ2v) is 7.63. The Kier molecular flexibility index (Phi) is 4.51. The van der Waals surface area contributed by atoms with Gasteiger partial charge in [0, 0.05) is 22.0 Å². The smallest absolute Gasteiger partial charge is 0.306 e. The molecule has 25 heavy (non-hydrogen) atoms. The number of aliphatic carboxylic acids is 1. The molecule has 3 aromatic rings. The molecule has 0 saturated carbocycles. The minimum atomic E-state index is -0.665. The van der Waals surface area contributed by atoms with Crippen LogP contribution in [0.5, 0.6) is 0 Å². The van der Waals surface area contributed by atoms with Gasteiger partial charge in [0.05, 0.1) is 12.0 Å². The maximum atomic E-state index is 11.3. The van der Waals surface area contributed by atoms with Crippen molar-refractivity contribution in [3.63, 3.8) is 0 Å². The van der Waals surface area contributed by atoms with Gasteiger partial charge in [0.1, 0.15) is 0 Å². The van der Waals surface area contributed by atoms with Crippen LogP contribution < -0.4 is 0 Å². The van der Waals surface area contributed by atoms with Crippen LogP contribution in [0.1, 0.15) is 29.3 Å². The van der Waals surface area contributed by atoms with Crippen molar-refractivity contribution in [2.24, 2.45) is 5.92 Å². The van der Waals surface area contributed by atoms with E-state index in [1.165, 1.54) is 20.5 Å². The molecule has 0 amide bonds. The van der Waals surface area contributed by atoms with E-state index < -0.39 is 5.97 Å². The molecule has 2 aromatic heterocycles. The van der Waals surface area contributed by atoms with Crippen LogP contribution in [-0.2, 0) is 4.79 Å². The van der Waals surface area contributed by atoms with Crippen LogP contribution in [0, 0.1) is 5.92 Å². The standard InChI is InChI=1S/C20H20N2O2S/c23-20(24)15-7-11-22(12-8-15)19(14-5-9-21-10-6-14)18-13-16-3-1-2-4-17(16)25-18/h1-6,9-10,13,15,19H,7-8,11-12H2,(H,23,24). The Labute approximate surface area is 150 Å². The lowest BCUT2D eigenvalue weighted by Gasteiger charge is -2.36. The number of pyridine rings is 1. The molecule has 1 N–H and O–H groups in total. The topological polar surface area (TPSA) is 53.4 Å². The van der Waals surface area contributed by atoms with E-state index >= 15 is 0 Å². The van der Waals surface area contributed by atoms with Crippen LogP contribution in [-0.4, -0.2) is 34.0 Å². The Morgan fingerprint density at radius 1 is 1.16 bits per heavy atom. The normalized spacial score (nSPS) is 17.6. The molecule has 0 bridgehead atoms. The highest BCUT2D eigenvalue weighted by Gasteiger charge is 2.30. The Hall–Kier alpha value is -2.24. The summed E-state index contributed by atoms with van der Waals surface area (Å²) in [5, 5.41) is 10.5. The first-order chi connectivity index (χ1) is 12.2. The first kappa shape index (κ1) is 16.2. The van der Waals surface area contributed by atoms with Crippen LogP contribution in [0.2, 0.25) is 0 Å². The average molecular weight is 352 g/mol. The number of hydrogen-bond donors (Lipinski definition) is 1. The number of aromatic nitrogens is 1. The highest BCUT2D eigenvalue weighted by atomic mass is 32.1. The van der Waals surface area contributed by atoms with Gasteiger partial charge in [-0.25, -0.2) is 0 Å². The molecule has 4 nitrogen and oxygen atoms in total. The van der Waals surface area contributed by atoms with Crippen molar-refractivity contribution in [3.8, 4) is 0 Å². The fourth-order valence-corrected chi connectivity index (χ4v) is 4.87. The third-order valence-electron chi connectivity index (χ3n) is 4.98. The molecule has 3 heterocycles. The second-order valence-electron chi connectivity index (χ2n) is 6.52. The van der Waals surface area contributed by atoms with E-state index in [0.717, 1.165) is 13.1 Å². The van der Waals surface area contributed by atoms with E-state index in [4.69, 9.17) is 0 Å². The van der Waals surface area contributed by atoms with Crippen molar-refractivity contribution in [2.75, 3.05) is 13.1 Å². The number of carboxylic acids is 1. The van der Waals surface area contributed by atoms with E-state index in [2.05, 4.69) is 52.3 Å². The summed E-state index contributed by atoms with van der Waals surface area (Å²) in [7, 11) is 0. The van der Waals surface area contributed by atoms with E-state index in [1.807, 2.05) is 23.7 Å². The number of rotatable bonds is 4. The number of carbonyl (C=O) groups is 1. The number of likely N-dealkylation sites (tertiary alicyclic amines) is 1. The second kappa shape index (κ2) is 6.94. The maximum Gasteiger partial charge on any atom is 0.306 e. The average Bonchev–Trinajstić information content (AvgIpc) is 3.07. The number of fused-ring (bicyclic) bond motifs is 1. The summed E-state index contributed by atoms with van der Waals surface area (Å²) in [4.78, 5) is 19.1. The van der Waals surface area contributed by atoms with Crippen LogP contribution in [0.4, 0.5) is 0 Å². The van der Waals surface area contributed by atoms with Crippen molar-refractivity contribution < 1.29 is 9.90 Å². The zero-order chi connectivity index (χ0) is 17.2. The first-order valence-corrected chi connectivity index (χ1v) is 9.39. The summed E-state index contributed by atoms with van der Waals surface area (Å²) in [5.74, 6) is -0.876. The number of nitrogens with zero attached hydrogens (tertiary/aromatic N) is 2. The largest absolute Gasteiger partial charge is 0.481 e. The summed E-state index contributed by atoms with van der Waals surface area (Å²) in [6.45, 7) is 1.61. The third kappa shape index (κ3) is 3.30. The van der Waals surface area contributed by atoms with Gasteiger partial charge < -0.3 is 5.11 Å². The summed E-state index contributed by atoms with van der Waals surface area (Å²) in [5.41, 5.74) is 1.22.